The van der Waals surface area contributed by atoms with Crippen molar-refractivity contribution in [3.63, 3.8) is 0 Å². The van der Waals surface area contributed by atoms with Gasteiger partial charge in [-0.25, -0.2) is 4.98 Å². The van der Waals surface area contributed by atoms with Crippen molar-refractivity contribution in [3.05, 3.63) is 48.1 Å². The molecule has 3 atom stereocenters. The second-order valence-corrected chi connectivity index (χ2v) is 6.92. The molecule has 2 aromatic rings. The third-order valence-corrected chi connectivity index (χ3v) is 5.38. The summed E-state index contributed by atoms with van der Waals surface area (Å²) in [5.41, 5.74) is 2.33. The van der Waals surface area contributed by atoms with Crippen molar-refractivity contribution >= 4 is 5.91 Å². The van der Waals surface area contributed by atoms with E-state index >= 15 is 0 Å². The molecule has 124 valence electrons. The molecule has 0 bridgehead atoms. The summed E-state index contributed by atoms with van der Waals surface area (Å²) in [4.78, 5) is 31.6. The molecular formula is C18H21N5O. The lowest BCUT2D eigenvalue weighted by Crippen LogP contribution is -2.31. The number of fused-ring (bicyclic) bond motifs is 1. The molecule has 2 fully saturated rings. The first-order valence-electron chi connectivity index (χ1n) is 8.53. The largest absolute Gasteiger partial charge is 0.337 e. The Hall–Kier alpha value is -2.37. The SMILES string of the molecule is Cc1cnc(C(=O)N2C[C@H]3CC[C@H](Cc4cnccn4)[C@H]3C2)cn1. The maximum absolute atomic E-state index is 12.7. The monoisotopic (exact) mass is 323 g/mol. The number of aryl methyl sites for hydroxylation is 1. The van der Waals surface area contributed by atoms with Gasteiger partial charge in [0, 0.05) is 37.9 Å². The fraction of sp³-hybridized carbons (Fsp3) is 0.500. The molecule has 0 N–H and O–H groups in total. The van der Waals surface area contributed by atoms with E-state index in [9.17, 15) is 4.79 Å². The summed E-state index contributed by atoms with van der Waals surface area (Å²) in [7, 11) is 0. The molecule has 2 aliphatic rings. The van der Waals surface area contributed by atoms with Crippen LogP contribution in [0.4, 0.5) is 0 Å². The van der Waals surface area contributed by atoms with Crippen LogP contribution in [0.2, 0.25) is 0 Å². The second-order valence-electron chi connectivity index (χ2n) is 6.92. The van der Waals surface area contributed by atoms with E-state index in [1.54, 1.807) is 24.8 Å². The van der Waals surface area contributed by atoms with E-state index < -0.39 is 0 Å². The van der Waals surface area contributed by atoms with Crippen LogP contribution in [-0.2, 0) is 6.42 Å². The first-order valence-corrected chi connectivity index (χ1v) is 8.53. The van der Waals surface area contributed by atoms with E-state index in [1.165, 1.54) is 12.8 Å². The Labute approximate surface area is 141 Å². The Bertz CT molecular complexity index is 718. The zero-order valence-electron chi connectivity index (χ0n) is 13.8. The number of carbonyl (C=O) groups is 1. The van der Waals surface area contributed by atoms with Crippen molar-refractivity contribution in [2.45, 2.75) is 26.2 Å². The van der Waals surface area contributed by atoms with Crippen LogP contribution in [0.3, 0.4) is 0 Å². The number of carbonyl (C=O) groups excluding carboxylic acids is 1. The smallest absolute Gasteiger partial charge is 0.274 e. The van der Waals surface area contributed by atoms with E-state index in [4.69, 9.17) is 0 Å². The third kappa shape index (κ3) is 2.88. The predicted molar refractivity (Wildman–Crippen MR) is 88.1 cm³/mol. The molecule has 6 heteroatoms. The lowest BCUT2D eigenvalue weighted by Gasteiger charge is -2.20. The molecule has 1 saturated heterocycles. The fourth-order valence-corrected chi connectivity index (χ4v) is 4.17. The molecule has 4 rings (SSSR count). The zero-order valence-corrected chi connectivity index (χ0v) is 13.8. The number of hydrogen-bond donors (Lipinski definition) is 0. The van der Waals surface area contributed by atoms with Crippen LogP contribution in [0.5, 0.6) is 0 Å². The lowest BCUT2D eigenvalue weighted by atomic mass is 9.89. The molecule has 0 aromatic carbocycles. The molecule has 3 heterocycles. The molecular weight excluding hydrogens is 302 g/mol. The molecule has 2 aromatic heterocycles. The van der Waals surface area contributed by atoms with Gasteiger partial charge < -0.3 is 4.90 Å². The molecule has 1 saturated carbocycles. The lowest BCUT2D eigenvalue weighted by molar-refractivity contribution is 0.0770. The summed E-state index contributed by atoms with van der Waals surface area (Å²) in [5.74, 6) is 1.77. The molecule has 1 aliphatic heterocycles. The van der Waals surface area contributed by atoms with Crippen molar-refractivity contribution < 1.29 is 4.79 Å². The van der Waals surface area contributed by atoms with Gasteiger partial charge in [0.05, 0.1) is 17.6 Å². The summed E-state index contributed by atoms with van der Waals surface area (Å²) in [5, 5.41) is 0. The Morgan fingerprint density at radius 2 is 2.04 bits per heavy atom. The number of nitrogens with zero attached hydrogens (tertiary/aromatic N) is 5. The summed E-state index contributed by atoms with van der Waals surface area (Å²) in [6.45, 7) is 3.54. The van der Waals surface area contributed by atoms with E-state index in [0.29, 0.717) is 23.4 Å². The van der Waals surface area contributed by atoms with Gasteiger partial charge in [-0.1, -0.05) is 0 Å². The summed E-state index contributed by atoms with van der Waals surface area (Å²) in [6, 6.07) is 0. The van der Waals surface area contributed by atoms with Gasteiger partial charge >= 0.3 is 0 Å². The van der Waals surface area contributed by atoms with Gasteiger partial charge in [0.2, 0.25) is 0 Å². The van der Waals surface area contributed by atoms with Crippen molar-refractivity contribution in [2.75, 3.05) is 13.1 Å². The minimum absolute atomic E-state index is 0.00940. The van der Waals surface area contributed by atoms with Gasteiger partial charge in [-0.05, 0) is 43.9 Å². The molecule has 0 unspecified atom stereocenters. The standard InChI is InChI=1S/C18H21N5O/c1-12-7-22-17(9-21-12)18(24)23-10-14-3-2-13(16(14)11-23)6-15-8-19-4-5-20-15/h4-5,7-9,13-14,16H,2-3,6,10-11H2,1H3/t13-,14-,16-/m1/s1. The minimum Gasteiger partial charge on any atom is -0.337 e. The highest BCUT2D eigenvalue weighted by atomic mass is 16.2. The molecule has 0 radical (unpaired) electrons. The van der Waals surface area contributed by atoms with Crippen molar-refractivity contribution in [1.82, 2.24) is 24.8 Å². The van der Waals surface area contributed by atoms with Crippen molar-refractivity contribution in [2.24, 2.45) is 17.8 Å². The average molecular weight is 323 g/mol. The third-order valence-electron chi connectivity index (χ3n) is 5.38. The summed E-state index contributed by atoms with van der Waals surface area (Å²) >= 11 is 0. The number of amides is 1. The van der Waals surface area contributed by atoms with Gasteiger partial charge in [0.25, 0.3) is 5.91 Å². The van der Waals surface area contributed by atoms with Crippen LogP contribution in [0, 0.1) is 24.7 Å². The van der Waals surface area contributed by atoms with E-state index in [0.717, 1.165) is 30.9 Å². The number of rotatable bonds is 3. The van der Waals surface area contributed by atoms with Gasteiger partial charge in [-0.2, -0.15) is 0 Å². The highest BCUT2D eigenvalue weighted by Crippen LogP contribution is 2.43. The van der Waals surface area contributed by atoms with E-state index in [1.807, 2.05) is 18.0 Å². The Kier molecular flexibility index (Phi) is 3.96. The number of likely N-dealkylation sites (tertiary alicyclic amines) is 1. The van der Waals surface area contributed by atoms with Gasteiger partial charge in [-0.15, -0.1) is 0 Å². The topological polar surface area (TPSA) is 71.9 Å². The molecule has 1 aliphatic carbocycles. The minimum atomic E-state index is 0.00940. The molecule has 6 nitrogen and oxygen atoms in total. The average Bonchev–Trinajstić information content (AvgIpc) is 3.18. The van der Waals surface area contributed by atoms with Crippen LogP contribution in [0.15, 0.2) is 31.0 Å². The van der Waals surface area contributed by atoms with Crippen molar-refractivity contribution in [1.29, 1.82) is 0 Å². The predicted octanol–water partition coefficient (Wildman–Crippen LogP) is 1.92. The highest BCUT2D eigenvalue weighted by Gasteiger charge is 2.44. The van der Waals surface area contributed by atoms with E-state index in [2.05, 4.69) is 19.9 Å². The quantitative estimate of drug-likeness (QED) is 0.863. The van der Waals surface area contributed by atoms with Crippen LogP contribution in [0.25, 0.3) is 0 Å². The number of hydrogen-bond acceptors (Lipinski definition) is 5. The molecule has 1 amide bonds. The van der Waals surface area contributed by atoms with Crippen LogP contribution < -0.4 is 0 Å². The zero-order chi connectivity index (χ0) is 16.5. The fourth-order valence-electron chi connectivity index (χ4n) is 4.17. The second kappa shape index (κ2) is 6.26. The first kappa shape index (κ1) is 15.2. The Morgan fingerprint density at radius 3 is 2.79 bits per heavy atom. The van der Waals surface area contributed by atoms with Gasteiger partial charge in [0.15, 0.2) is 0 Å². The maximum atomic E-state index is 12.7. The van der Waals surface area contributed by atoms with Crippen LogP contribution in [-0.4, -0.2) is 43.8 Å². The summed E-state index contributed by atoms with van der Waals surface area (Å²) in [6.07, 6.45) is 11.9. The Balaban J connectivity index is 1.44. The molecule has 24 heavy (non-hydrogen) atoms. The maximum Gasteiger partial charge on any atom is 0.274 e. The van der Waals surface area contributed by atoms with Crippen molar-refractivity contribution in [3.8, 4) is 0 Å². The van der Waals surface area contributed by atoms with Crippen LogP contribution in [0.1, 0.15) is 34.7 Å². The molecule has 0 spiro atoms. The Morgan fingerprint density at radius 1 is 1.12 bits per heavy atom. The van der Waals surface area contributed by atoms with E-state index in [-0.39, 0.29) is 5.91 Å². The first-order chi connectivity index (χ1) is 11.7. The number of aromatic nitrogens is 4. The summed E-state index contributed by atoms with van der Waals surface area (Å²) < 4.78 is 0. The normalized spacial score (nSPS) is 25.7. The van der Waals surface area contributed by atoms with Gasteiger partial charge in [-0.3, -0.25) is 19.7 Å². The van der Waals surface area contributed by atoms with Gasteiger partial charge in [0.1, 0.15) is 5.69 Å². The highest BCUT2D eigenvalue weighted by molar-refractivity contribution is 5.92. The van der Waals surface area contributed by atoms with Crippen LogP contribution >= 0.6 is 0 Å².